The predicted molar refractivity (Wildman–Crippen MR) is 72.1 cm³/mol. The molecule has 20 heavy (non-hydrogen) atoms. The minimum Gasteiger partial charge on any atom is -0.379 e. The van der Waals surface area contributed by atoms with Crippen molar-refractivity contribution in [3.8, 4) is 0 Å². The van der Waals surface area contributed by atoms with E-state index in [1.165, 1.54) is 0 Å². The van der Waals surface area contributed by atoms with Crippen LogP contribution in [0.15, 0.2) is 0 Å². The van der Waals surface area contributed by atoms with Gasteiger partial charge in [0.25, 0.3) is 5.91 Å². The Hall–Kier alpha value is -0.770. The molecular weight excluding hydrogens is 268 g/mol. The fraction of sp³-hybridized carbons (Fsp3) is 0.917. The molecule has 0 saturated heterocycles. The summed E-state index contributed by atoms with van der Waals surface area (Å²) < 4.78 is 25.9. The minimum atomic E-state index is -0.363. The van der Waals surface area contributed by atoms with Gasteiger partial charge in [0.2, 0.25) is 0 Å². The van der Waals surface area contributed by atoms with Crippen molar-refractivity contribution in [3.63, 3.8) is 0 Å². The summed E-state index contributed by atoms with van der Waals surface area (Å²) in [6.45, 7) is 6.59. The third kappa shape index (κ3) is 15.3. The van der Waals surface area contributed by atoms with E-state index >= 15 is 0 Å². The summed E-state index contributed by atoms with van der Waals surface area (Å²) in [6, 6.07) is 0. The first-order chi connectivity index (χ1) is 9.81. The van der Waals surface area contributed by atoms with Crippen LogP contribution in [-0.2, 0) is 28.5 Å². The normalized spacial score (nSPS) is 10.7. The van der Waals surface area contributed by atoms with Gasteiger partial charge in [-0.25, -0.2) is 5.84 Å². The quantitative estimate of drug-likeness (QED) is 0.174. The Balaban J connectivity index is 2.97. The van der Waals surface area contributed by atoms with Gasteiger partial charge in [-0.05, 0) is 6.92 Å². The zero-order valence-corrected chi connectivity index (χ0v) is 12.1. The Morgan fingerprint density at radius 2 is 1.20 bits per heavy atom. The molecule has 0 aliphatic rings. The van der Waals surface area contributed by atoms with Crippen LogP contribution in [0.3, 0.4) is 0 Å². The fourth-order valence-electron chi connectivity index (χ4n) is 1.13. The molecule has 0 atom stereocenters. The fourth-order valence-corrected chi connectivity index (χ4v) is 1.13. The minimum absolute atomic E-state index is 0.0601. The van der Waals surface area contributed by atoms with E-state index in [0.717, 1.165) is 0 Å². The average molecular weight is 294 g/mol. The van der Waals surface area contributed by atoms with Gasteiger partial charge in [-0.3, -0.25) is 10.2 Å². The van der Waals surface area contributed by atoms with Crippen molar-refractivity contribution in [1.82, 2.24) is 5.43 Å². The standard InChI is InChI=1S/C12H26N2O6/c1-2-16-3-4-17-5-6-18-7-8-19-9-10-20-11-12(15)14-13/h2-11,13H2,1H3,(H,14,15). The highest BCUT2D eigenvalue weighted by atomic mass is 16.6. The van der Waals surface area contributed by atoms with Crippen molar-refractivity contribution in [1.29, 1.82) is 0 Å². The molecule has 0 radical (unpaired) electrons. The van der Waals surface area contributed by atoms with Crippen LogP contribution >= 0.6 is 0 Å². The Kier molecular flexibility index (Phi) is 15.7. The molecule has 0 aliphatic heterocycles. The van der Waals surface area contributed by atoms with Crippen LogP contribution in [0, 0.1) is 0 Å². The summed E-state index contributed by atoms with van der Waals surface area (Å²) in [5, 5.41) is 0. The third-order valence-corrected chi connectivity index (χ3v) is 2.09. The summed E-state index contributed by atoms with van der Waals surface area (Å²) >= 11 is 0. The van der Waals surface area contributed by atoms with Crippen molar-refractivity contribution in [2.45, 2.75) is 6.92 Å². The first-order valence-corrected chi connectivity index (χ1v) is 6.69. The summed E-state index contributed by atoms with van der Waals surface area (Å²) in [6.07, 6.45) is 0. The number of nitrogens with one attached hydrogen (secondary N) is 1. The largest absolute Gasteiger partial charge is 0.379 e. The van der Waals surface area contributed by atoms with E-state index in [0.29, 0.717) is 59.5 Å². The van der Waals surface area contributed by atoms with Crippen LogP contribution in [0.5, 0.6) is 0 Å². The maximum atomic E-state index is 10.7. The SMILES string of the molecule is CCOCCOCCOCCOCCOCC(=O)NN. The van der Waals surface area contributed by atoms with Crippen LogP contribution in [0.1, 0.15) is 6.92 Å². The lowest BCUT2D eigenvalue weighted by Gasteiger charge is -2.07. The van der Waals surface area contributed by atoms with E-state index in [1.807, 2.05) is 12.3 Å². The van der Waals surface area contributed by atoms with Gasteiger partial charge in [0, 0.05) is 6.61 Å². The first kappa shape index (κ1) is 19.2. The molecule has 0 saturated carbocycles. The number of carbonyl (C=O) groups excluding carboxylic acids is 1. The van der Waals surface area contributed by atoms with E-state index in [4.69, 9.17) is 29.5 Å². The molecule has 1 amide bonds. The smallest absolute Gasteiger partial charge is 0.259 e. The second-order valence-corrected chi connectivity index (χ2v) is 3.65. The number of amides is 1. The van der Waals surface area contributed by atoms with Crippen molar-refractivity contribution >= 4 is 5.91 Å². The molecule has 120 valence electrons. The number of hydrogen-bond acceptors (Lipinski definition) is 7. The predicted octanol–water partition coefficient (Wildman–Crippen LogP) is -0.921. The van der Waals surface area contributed by atoms with Gasteiger partial charge in [0.1, 0.15) is 6.61 Å². The van der Waals surface area contributed by atoms with Gasteiger partial charge in [0.15, 0.2) is 0 Å². The van der Waals surface area contributed by atoms with Crippen LogP contribution in [0.2, 0.25) is 0 Å². The summed E-state index contributed by atoms with van der Waals surface area (Å²) in [5.74, 6) is 4.52. The van der Waals surface area contributed by atoms with Gasteiger partial charge in [-0.2, -0.15) is 0 Å². The molecule has 8 nitrogen and oxygen atoms in total. The van der Waals surface area contributed by atoms with Crippen LogP contribution < -0.4 is 11.3 Å². The first-order valence-electron chi connectivity index (χ1n) is 6.69. The lowest BCUT2D eigenvalue weighted by molar-refractivity contribution is -0.126. The van der Waals surface area contributed by atoms with Gasteiger partial charge in [-0.15, -0.1) is 0 Å². The third-order valence-electron chi connectivity index (χ3n) is 2.09. The van der Waals surface area contributed by atoms with Gasteiger partial charge in [0.05, 0.1) is 52.9 Å². The highest BCUT2D eigenvalue weighted by Gasteiger charge is 1.97. The van der Waals surface area contributed by atoms with E-state index in [2.05, 4.69) is 0 Å². The zero-order chi connectivity index (χ0) is 14.9. The number of rotatable bonds is 15. The summed E-state index contributed by atoms with van der Waals surface area (Å²) in [5.41, 5.74) is 1.97. The van der Waals surface area contributed by atoms with E-state index in [-0.39, 0.29) is 12.5 Å². The molecule has 0 aromatic carbocycles. The molecular formula is C12H26N2O6. The van der Waals surface area contributed by atoms with E-state index in [9.17, 15) is 4.79 Å². The second-order valence-electron chi connectivity index (χ2n) is 3.65. The highest BCUT2D eigenvalue weighted by Crippen LogP contribution is 1.83. The van der Waals surface area contributed by atoms with Crippen LogP contribution in [0.4, 0.5) is 0 Å². The molecule has 0 aliphatic carbocycles. The number of ether oxygens (including phenoxy) is 5. The number of hydrogen-bond donors (Lipinski definition) is 2. The second kappa shape index (κ2) is 16.3. The number of nitrogens with two attached hydrogens (primary N) is 1. The molecule has 0 heterocycles. The average Bonchev–Trinajstić information content (AvgIpc) is 2.47. The molecule has 8 heteroatoms. The molecule has 0 unspecified atom stereocenters. The zero-order valence-electron chi connectivity index (χ0n) is 12.1. The molecule has 0 fully saturated rings. The Bertz CT molecular complexity index is 218. The van der Waals surface area contributed by atoms with Gasteiger partial charge in [-0.1, -0.05) is 0 Å². The lowest BCUT2D eigenvalue weighted by atomic mass is 10.6. The maximum Gasteiger partial charge on any atom is 0.259 e. The van der Waals surface area contributed by atoms with Crippen molar-refractivity contribution in [2.24, 2.45) is 5.84 Å². The molecule has 3 N–H and O–H groups in total. The topological polar surface area (TPSA) is 101 Å². The highest BCUT2D eigenvalue weighted by molar-refractivity contribution is 5.76. The Labute approximate surface area is 119 Å². The van der Waals surface area contributed by atoms with Crippen molar-refractivity contribution in [3.05, 3.63) is 0 Å². The van der Waals surface area contributed by atoms with Gasteiger partial charge < -0.3 is 23.7 Å². The summed E-state index contributed by atoms with van der Waals surface area (Å²) in [7, 11) is 0. The maximum absolute atomic E-state index is 10.7. The monoisotopic (exact) mass is 294 g/mol. The summed E-state index contributed by atoms with van der Waals surface area (Å²) in [4.78, 5) is 10.7. The van der Waals surface area contributed by atoms with E-state index < -0.39 is 0 Å². The van der Waals surface area contributed by atoms with Crippen molar-refractivity contribution in [2.75, 3.05) is 66.1 Å². The molecule has 0 aromatic heterocycles. The van der Waals surface area contributed by atoms with Crippen molar-refractivity contribution < 1.29 is 28.5 Å². The van der Waals surface area contributed by atoms with E-state index in [1.54, 1.807) is 0 Å². The lowest BCUT2D eigenvalue weighted by Crippen LogP contribution is -2.33. The molecule has 0 spiro atoms. The van der Waals surface area contributed by atoms with Crippen LogP contribution in [-0.4, -0.2) is 72.0 Å². The molecule has 0 bridgehead atoms. The number of carbonyl (C=O) groups is 1. The number of hydrazine groups is 1. The van der Waals surface area contributed by atoms with Crippen LogP contribution in [0.25, 0.3) is 0 Å². The van der Waals surface area contributed by atoms with Gasteiger partial charge >= 0.3 is 0 Å². The Morgan fingerprint density at radius 1 is 0.800 bits per heavy atom. The molecule has 0 aromatic rings. The Morgan fingerprint density at radius 3 is 1.60 bits per heavy atom. The molecule has 0 rings (SSSR count).